The zero-order valence-corrected chi connectivity index (χ0v) is 12.0. The maximum Gasteiger partial charge on any atom is 0.224 e. The minimum Gasteiger partial charge on any atom is -0.356 e. The van der Waals surface area contributed by atoms with Gasteiger partial charge in [0.05, 0.1) is 0 Å². The number of nitrogens with two attached hydrogens (primary N) is 1. The van der Waals surface area contributed by atoms with Crippen LogP contribution >= 0.6 is 0 Å². The van der Waals surface area contributed by atoms with Crippen LogP contribution in [-0.2, 0) is 4.79 Å². The van der Waals surface area contributed by atoms with E-state index >= 15 is 0 Å². The van der Waals surface area contributed by atoms with Crippen LogP contribution in [0.1, 0.15) is 45.4 Å². The maximum absolute atomic E-state index is 11.5. The molecular weight excluding hydrogens is 226 g/mol. The van der Waals surface area contributed by atoms with Crippen molar-refractivity contribution in [2.75, 3.05) is 26.7 Å². The predicted octanol–water partition coefficient (Wildman–Crippen LogP) is 1.35. The Balaban J connectivity index is 2.08. The largest absolute Gasteiger partial charge is 0.356 e. The molecule has 1 aliphatic carbocycles. The molecule has 0 aliphatic heterocycles. The Morgan fingerprint density at radius 3 is 2.67 bits per heavy atom. The van der Waals surface area contributed by atoms with E-state index in [0.29, 0.717) is 6.54 Å². The number of nitrogens with one attached hydrogen (secondary N) is 1. The minimum atomic E-state index is -0.0684. The highest BCUT2D eigenvalue weighted by Crippen LogP contribution is 2.21. The van der Waals surface area contributed by atoms with Crippen molar-refractivity contribution in [1.29, 1.82) is 0 Å². The summed E-state index contributed by atoms with van der Waals surface area (Å²) in [5.41, 5.74) is 5.45. The lowest BCUT2D eigenvalue weighted by Crippen LogP contribution is -2.37. The van der Waals surface area contributed by atoms with Gasteiger partial charge in [-0.15, -0.1) is 0 Å². The normalized spacial score (nSPS) is 18.9. The van der Waals surface area contributed by atoms with Gasteiger partial charge in [0.15, 0.2) is 0 Å². The van der Waals surface area contributed by atoms with Crippen LogP contribution in [0.5, 0.6) is 0 Å². The first-order valence-corrected chi connectivity index (χ1v) is 7.33. The van der Waals surface area contributed by atoms with Gasteiger partial charge in [0.1, 0.15) is 0 Å². The summed E-state index contributed by atoms with van der Waals surface area (Å²) < 4.78 is 0. The molecule has 0 aromatic carbocycles. The quantitative estimate of drug-likeness (QED) is 0.675. The molecule has 1 fully saturated rings. The van der Waals surface area contributed by atoms with Gasteiger partial charge in [-0.3, -0.25) is 4.79 Å². The van der Waals surface area contributed by atoms with Crippen LogP contribution in [0.4, 0.5) is 0 Å². The van der Waals surface area contributed by atoms with E-state index in [-0.39, 0.29) is 11.8 Å². The number of nitrogens with zero attached hydrogens (tertiary/aromatic N) is 1. The lowest BCUT2D eigenvalue weighted by atomic mass is 9.94. The summed E-state index contributed by atoms with van der Waals surface area (Å²) in [4.78, 5) is 14.0. The van der Waals surface area contributed by atoms with Crippen molar-refractivity contribution in [3.05, 3.63) is 0 Å². The van der Waals surface area contributed by atoms with Crippen LogP contribution in [0.3, 0.4) is 0 Å². The molecule has 1 unspecified atom stereocenters. The summed E-state index contributed by atoms with van der Waals surface area (Å²) in [6.07, 6.45) is 7.85. The molecule has 0 heterocycles. The second kappa shape index (κ2) is 8.48. The molecule has 0 aromatic heterocycles. The van der Waals surface area contributed by atoms with Crippen molar-refractivity contribution >= 4 is 5.91 Å². The van der Waals surface area contributed by atoms with Crippen molar-refractivity contribution in [2.45, 2.75) is 51.5 Å². The fourth-order valence-electron chi connectivity index (χ4n) is 2.53. The van der Waals surface area contributed by atoms with Crippen molar-refractivity contribution in [2.24, 2.45) is 11.7 Å². The van der Waals surface area contributed by atoms with E-state index in [2.05, 4.69) is 17.3 Å². The third-order valence-corrected chi connectivity index (χ3v) is 3.99. The number of hydrogen-bond acceptors (Lipinski definition) is 3. The van der Waals surface area contributed by atoms with Gasteiger partial charge in [0.2, 0.25) is 5.91 Å². The zero-order valence-electron chi connectivity index (χ0n) is 12.0. The maximum atomic E-state index is 11.5. The van der Waals surface area contributed by atoms with Crippen molar-refractivity contribution < 1.29 is 4.79 Å². The van der Waals surface area contributed by atoms with E-state index < -0.39 is 0 Å². The molecule has 0 radical (unpaired) electrons. The lowest BCUT2D eigenvalue weighted by molar-refractivity contribution is -0.124. The highest BCUT2D eigenvalue weighted by molar-refractivity contribution is 5.78. The standard InChI is InChI=1S/C14H29N3O/c1-12(11-15)14(18)16-9-6-10-17(2)13-7-4-3-5-8-13/h12-13H,3-11,15H2,1-2H3,(H,16,18). The predicted molar refractivity (Wildman–Crippen MR) is 75.3 cm³/mol. The molecular formula is C14H29N3O. The number of carbonyl (C=O) groups is 1. The van der Waals surface area contributed by atoms with E-state index in [1.807, 2.05) is 6.92 Å². The third-order valence-electron chi connectivity index (χ3n) is 3.99. The number of hydrogen-bond donors (Lipinski definition) is 2. The van der Waals surface area contributed by atoms with Gasteiger partial charge in [0.25, 0.3) is 0 Å². The van der Waals surface area contributed by atoms with Gasteiger partial charge < -0.3 is 16.0 Å². The molecule has 0 spiro atoms. The first-order valence-electron chi connectivity index (χ1n) is 7.33. The van der Waals surface area contributed by atoms with E-state index in [4.69, 9.17) is 5.73 Å². The Labute approximate surface area is 111 Å². The number of amides is 1. The molecule has 1 atom stereocenters. The molecule has 1 amide bonds. The van der Waals surface area contributed by atoms with Gasteiger partial charge in [-0.1, -0.05) is 26.2 Å². The summed E-state index contributed by atoms with van der Waals surface area (Å²) in [6, 6.07) is 0.761. The van der Waals surface area contributed by atoms with E-state index in [0.717, 1.165) is 25.6 Å². The molecule has 1 aliphatic rings. The van der Waals surface area contributed by atoms with Gasteiger partial charge >= 0.3 is 0 Å². The second-order valence-electron chi connectivity index (χ2n) is 5.55. The molecule has 0 saturated heterocycles. The van der Waals surface area contributed by atoms with Gasteiger partial charge in [0, 0.05) is 25.0 Å². The van der Waals surface area contributed by atoms with Crippen LogP contribution in [0.25, 0.3) is 0 Å². The molecule has 3 N–H and O–H groups in total. The number of rotatable bonds is 7. The average molecular weight is 255 g/mol. The molecule has 0 aromatic rings. The van der Waals surface area contributed by atoms with E-state index in [1.54, 1.807) is 0 Å². The van der Waals surface area contributed by atoms with Crippen molar-refractivity contribution in [3.8, 4) is 0 Å². The second-order valence-corrected chi connectivity index (χ2v) is 5.55. The lowest BCUT2D eigenvalue weighted by Gasteiger charge is -2.31. The molecule has 1 rings (SSSR count). The van der Waals surface area contributed by atoms with Crippen LogP contribution in [0.15, 0.2) is 0 Å². The summed E-state index contributed by atoms with van der Waals surface area (Å²) in [5, 5.41) is 2.95. The highest BCUT2D eigenvalue weighted by atomic mass is 16.1. The molecule has 4 nitrogen and oxygen atoms in total. The van der Waals surface area contributed by atoms with Gasteiger partial charge in [-0.2, -0.15) is 0 Å². The smallest absolute Gasteiger partial charge is 0.224 e. The summed E-state index contributed by atoms with van der Waals surface area (Å²) >= 11 is 0. The van der Waals surface area contributed by atoms with Crippen LogP contribution in [0.2, 0.25) is 0 Å². The van der Waals surface area contributed by atoms with E-state index in [1.165, 1.54) is 32.1 Å². The summed E-state index contributed by atoms with van der Waals surface area (Å²) in [6.45, 7) is 4.12. The molecule has 0 bridgehead atoms. The molecule has 18 heavy (non-hydrogen) atoms. The fraction of sp³-hybridized carbons (Fsp3) is 0.929. The summed E-state index contributed by atoms with van der Waals surface area (Å²) in [5.74, 6) is 0.0129. The Kier molecular flexibility index (Phi) is 7.28. The minimum absolute atomic E-state index is 0.0684. The van der Waals surface area contributed by atoms with Crippen LogP contribution in [-0.4, -0.2) is 43.5 Å². The Morgan fingerprint density at radius 2 is 2.06 bits per heavy atom. The first kappa shape index (κ1) is 15.4. The Hall–Kier alpha value is -0.610. The highest BCUT2D eigenvalue weighted by Gasteiger charge is 2.17. The van der Waals surface area contributed by atoms with Crippen molar-refractivity contribution in [3.63, 3.8) is 0 Å². The van der Waals surface area contributed by atoms with Crippen molar-refractivity contribution in [1.82, 2.24) is 10.2 Å². The number of carbonyl (C=O) groups excluding carboxylic acids is 1. The monoisotopic (exact) mass is 255 g/mol. The third kappa shape index (κ3) is 5.36. The molecule has 1 saturated carbocycles. The topological polar surface area (TPSA) is 58.4 Å². The van der Waals surface area contributed by atoms with Crippen LogP contribution < -0.4 is 11.1 Å². The average Bonchev–Trinajstić information content (AvgIpc) is 2.43. The van der Waals surface area contributed by atoms with Gasteiger partial charge in [-0.05, 0) is 32.9 Å². The van der Waals surface area contributed by atoms with E-state index in [9.17, 15) is 4.79 Å². The first-order chi connectivity index (χ1) is 8.65. The molecule has 4 heteroatoms. The Bertz CT molecular complexity index is 239. The summed E-state index contributed by atoms with van der Waals surface area (Å²) in [7, 11) is 2.21. The SMILES string of the molecule is CC(CN)C(=O)NCCCN(C)C1CCCCC1. The fourth-order valence-corrected chi connectivity index (χ4v) is 2.53. The molecule has 106 valence electrons. The van der Waals surface area contributed by atoms with Gasteiger partial charge in [-0.25, -0.2) is 0 Å². The Morgan fingerprint density at radius 1 is 1.39 bits per heavy atom. The van der Waals surface area contributed by atoms with Crippen LogP contribution in [0, 0.1) is 5.92 Å². The zero-order chi connectivity index (χ0) is 13.4.